The van der Waals surface area contributed by atoms with Crippen molar-refractivity contribution in [2.75, 3.05) is 0 Å². The van der Waals surface area contributed by atoms with Crippen molar-refractivity contribution in [3.63, 3.8) is 0 Å². The summed E-state index contributed by atoms with van der Waals surface area (Å²) in [6.07, 6.45) is 1.44. The largest absolute Gasteiger partial charge is 0.457 e. The Hall–Kier alpha value is -2.89. The summed E-state index contributed by atoms with van der Waals surface area (Å²) >= 11 is 0. The van der Waals surface area contributed by atoms with Gasteiger partial charge in [0.05, 0.1) is 6.21 Å². The summed E-state index contributed by atoms with van der Waals surface area (Å²) in [7, 11) is 0. The van der Waals surface area contributed by atoms with Crippen LogP contribution in [0, 0.1) is 5.82 Å². The summed E-state index contributed by atoms with van der Waals surface area (Å²) in [5.74, 6) is 0.626. The number of carbonyl (C=O) groups excluding carboxylic acids is 1. The SMILES string of the molecule is NC(=O)NN=Cc1ccc(Oc2cccc(F)c2)cc1. The third-order valence-corrected chi connectivity index (χ3v) is 2.30. The van der Waals surface area contributed by atoms with E-state index in [1.807, 2.05) is 0 Å². The number of nitrogens with zero attached hydrogens (tertiary/aromatic N) is 1. The minimum absolute atomic E-state index is 0.358. The van der Waals surface area contributed by atoms with E-state index in [4.69, 9.17) is 10.5 Å². The van der Waals surface area contributed by atoms with Crippen LogP contribution >= 0.6 is 0 Å². The van der Waals surface area contributed by atoms with Crippen molar-refractivity contribution in [1.82, 2.24) is 5.43 Å². The molecule has 0 aliphatic heterocycles. The van der Waals surface area contributed by atoms with E-state index in [1.165, 1.54) is 18.3 Å². The Labute approximate surface area is 114 Å². The molecule has 0 unspecified atom stereocenters. The number of hydrogen-bond acceptors (Lipinski definition) is 3. The topological polar surface area (TPSA) is 76.7 Å². The van der Waals surface area contributed by atoms with Crippen LogP contribution in [0.5, 0.6) is 11.5 Å². The average Bonchev–Trinajstić information content (AvgIpc) is 2.40. The molecule has 0 heterocycles. The second kappa shape index (κ2) is 6.33. The summed E-state index contributed by atoms with van der Waals surface area (Å²) in [6.45, 7) is 0. The van der Waals surface area contributed by atoms with Crippen molar-refractivity contribution < 1.29 is 13.9 Å². The maximum absolute atomic E-state index is 13.0. The second-order valence-electron chi connectivity index (χ2n) is 3.86. The Kier molecular flexibility index (Phi) is 4.28. The summed E-state index contributed by atoms with van der Waals surface area (Å²) in [6, 6.07) is 12.0. The van der Waals surface area contributed by atoms with Crippen LogP contribution in [0.1, 0.15) is 5.56 Å². The van der Waals surface area contributed by atoms with Crippen molar-refractivity contribution in [2.45, 2.75) is 0 Å². The van der Waals surface area contributed by atoms with Gasteiger partial charge in [0.2, 0.25) is 0 Å². The minimum atomic E-state index is -0.729. The molecule has 0 aliphatic rings. The molecule has 0 bridgehead atoms. The van der Waals surface area contributed by atoms with Crippen LogP contribution in [0.2, 0.25) is 0 Å². The lowest BCUT2D eigenvalue weighted by molar-refractivity contribution is 0.249. The standard InChI is InChI=1S/C14H12FN3O2/c15-11-2-1-3-13(8-11)20-12-6-4-10(5-7-12)9-17-18-14(16)19/h1-9H,(H3,16,18,19). The Morgan fingerprint density at radius 2 is 1.95 bits per heavy atom. The molecule has 0 spiro atoms. The summed E-state index contributed by atoms with van der Waals surface area (Å²) < 4.78 is 18.5. The number of carbonyl (C=O) groups is 1. The number of primary amides is 1. The van der Waals surface area contributed by atoms with E-state index in [-0.39, 0.29) is 5.82 Å². The van der Waals surface area contributed by atoms with E-state index in [0.29, 0.717) is 11.5 Å². The van der Waals surface area contributed by atoms with Crippen LogP contribution in [-0.2, 0) is 0 Å². The molecule has 0 saturated heterocycles. The lowest BCUT2D eigenvalue weighted by atomic mass is 10.2. The highest BCUT2D eigenvalue weighted by atomic mass is 19.1. The van der Waals surface area contributed by atoms with E-state index in [0.717, 1.165) is 5.56 Å². The first kappa shape index (κ1) is 13.5. The van der Waals surface area contributed by atoms with Crippen LogP contribution in [0.4, 0.5) is 9.18 Å². The van der Waals surface area contributed by atoms with Gasteiger partial charge in [-0.05, 0) is 42.0 Å². The number of nitrogens with two attached hydrogens (primary N) is 1. The Balaban J connectivity index is 2.01. The highest BCUT2D eigenvalue weighted by Gasteiger charge is 1.98. The van der Waals surface area contributed by atoms with Gasteiger partial charge in [-0.2, -0.15) is 5.10 Å². The molecule has 0 atom stereocenters. The first-order chi connectivity index (χ1) is 9.63. The highest BCUT2D eigenvalue weighted by molar-refractivity contribution is 5.81. The molecule has 0 aromatic heterocycles. The number of benzene rings is 2. The number of amides is 2. The van der Waals surface area contributed by atoms with Crippen LogP contribution in [0.15, 0.2) is 53.6 Å². The normalized spacial score (nSPS) is 10.4. The molecule has 102 valence electrons. The van der Waals surface area contributed by atoms with Gasteiger partial charge >= 0.3 is 6.03 Å². The van der Waals surface area contributed by atoms with Crippen molar-refractivity contribution in [3.05, 3.63) is 59.9 Å². The molecule has 2 aromatic carbocycles. The van der Waals surface area contributed by atoms with E-state index in [1.54, 1.807) is 36.4 Å². The summed E-state index contributed by atoms with van der Waals surface area (Å²) in [5.41, 5.74) is 7.71. The summed E-state index contributed by atoms with van der Waals surface area (Å²) in [5, 5.41) is 3.63. The van der Waals surface area contributed by atoms with Gasteiger partial charge in [0.15, 0.2) is 0 Å². The van der Waals surface area contributed by atoms with Crippen molar-refractivity contribution >= 4 is 12.2 Å². The predicted octanol–water partition coefficient (Wildman–Crippen LogP) is 2.62. The van der Waals surface area contributed by atoms with Crippen LogP contribution < -0.4 is 15.9 Å². The number of hydrogen-bond donors (Lipinski definition) is 2. The highest BCUT2D eigenvalue weighted by Crippen LogP contribution is 2.21. The first-order valence-corrected chi connectivity index (χ1v) is 5.75. The van der Waals surface area contributed by atoms with Crippen molar-refractivity contribution in [3.8, 4) is 11.5 Å². The second-order valence-corrected chi connectivity index (χ2v) is 3.86. The molecule has 20 heavy (non-hydrogen) atoms. The van der Waals surface area contributed by atoms with Crippen LogP contribution in [0.3, 0.4) is 0 Å². The fourth-order valence-corrected chi connectivity index (χ4v) is 1.46. The Morgan fingerprint density at radius 1 is 1.20 bits per heavy atom. The lowest BCUT2D eigenvalue weighted by Gasteiger charge is -2.05. The number of urea groups is 1. The van der Waals surface area contributed by atoms with E-state index >= 15 is 0 Å². The molecule has 0 aliphatic carbocycles. The van der Waals surface area contributed by atoms with Gasteiger partial charge in [-0.15, -0.1) is 0 Å². The van der Waals surface area contributed by atoms with Gasteiger partial charge < -0.3 is 10.5 Å². The molecule has 2 rings (SSSR count). The third kappa shape index (κ3) is 4.09. The summed E-state index contributed by atoms with van der Waals surface area (Å²) in [4.78, 5) is 10.4. The molecule has 2 amide bonds. The van der Waals surface area contributed by atoms with E-state index in [9.17, 15) is 9.18 Å². The molecule has 0 saturated carbocycles. The number of halogens is 1. The van der Waals surface area contributed by atoms with Crippen molar-refractivity contribution in [1.29, 1.82) is 0 Å². The lowest BCUT2D eigenvalue weighted by Crippen LogP contribution is -2.24. The number of ether oxygens (including phenoxy) is 1. The average molecular weight is 273 g/mol. The Bertz CT molecular complexity index is 627. The maximum Gasteiger partial charge on any atom is 0.332 e. The zero-order valence-electron chi connectivity index (χ0n) is 10.4. The predicted molar refractivity (Wildman–Crippen MR) is 73.2 cm³/mol. The van der Waals surface area contributed by atoms with Gasteiger partial charge in [0.25, 0.3) is 0 Å². The molecule has 5 nitrogen and oxygen atoms in total. The molecule has 0 fully saturated rings. The van der Waals surface area contributed by atoms with Gasteiger partial charge in [0, 0.05) is 6.07 Å². The van der Waals surface area contributed by atoms with Gasteiger partial charge in [-0.25, -0.2) is 14.6 Å². The van der Waals surface area contributed by atoms with Gasteiger partial charge in [-0.1, -0.05) is 6.07 Å². The van der Waals surface area contributed by atoms with E-state index in [2.05, 4.69) is 10.5 Å². The van der Waals surface area contributed by atoms with Gasteiger partial charge in [0.1, 0.15) is 17.3 Å². The minimum Gasteiger partial charge on any atom is -0.457 e. The zero-order chi connectivity index (χ0) is 14.4. The maximum atomic E-state index is 13.0. The van der Waals surface area contributed by atoms with Crippen LogP contribution in [-0.4, -0.2) is 12.2 Å². The number of hydrazone groups is 1. The first-order valence-electron chi connectivity index (χ1n) is 5.75. The van der Waals surface area contributed by atoms with Crippen molar-refractivity contribution in [2.24, 2.45) is 10.8 Å². The molecule has 3 N–H and O–H groups in total. The molecular formula is C14H12FN3O2. The molecule has 0 radical (unpaired) electrons. The monoisotopic (exact) mass is 273 g/mol. The fraction of sp³-hybridized carbons (Fsp3) is 0. The number of nitrogens with one attached hydrogen (secondary N) is 1. The fourth-order valence-electron chi connectivity index (χ4n) is 1.46. The third-order valence-electron chi connectivity index (χ3n) is 2.30. The molecular weight excluding hydrogens is 261 g/mol. The molecule has 2 aromatic rings. The zero-order valence-corrected chi connectivity index (χ0v) is 10.4. The quantitative estimate of drug-likeness (QED) is 0.663. The number of rotatable bonds is 4. The van der Waals surface area contributed by atoms with Crippen LogP contribution in [0.25, 0.3) is 0 Å². The Morgan fingerprint density at radius 3 is 2.60 bits per heavy atom. The van der Waals surface area contributed by atoms with Gasteiger partial charge in [-0.3, -0.25) is 0 Å². The van der Waals surface area contributed by atoms with E-state index < -0.39 is 6.03 Å². The smallest absolute Gasteiger partial charge is 0.332 e. The molecule has 6 heteroatoms.